The number of hydrogen-bond donors (Lipinski definition) is 1. The third-order valence-electron chi connectivity index (χ3n) is 2.26. The molecule has 0 unspecified atom stereocenters. The molecule has 1 rings (SSSR count). The highest BCUT2D eigenvalue weighted by molar-refractivity contribution is 5.68. The van der Waals surface area contributed by atoms with Gasteiger partial charge < -0.3 is 15.4 Å². The molecule has 5 heteroatoms. The molecular formula is C11H16F2N2O. The van der Waals surface area contributed by atoms with E-state index in [2.05, 4.69) is 0 Å². The number of hydrogen-bond acceptors (Lipinski definition) is 3. The van der Waals surface area contributed by atoms with Crippen LogP contribution in [-0.4, -0.2) is 26.8 Å². The van der Waals surface area contributed by atoms with Gasteiger partial charge in [-0.15, -0.1) is 0 Å². The van der Waals surface area contributed by atoms with E-state index >= 15 is 0 Å². The van der Waals surface area contributed by atoms with Crippen molar-refractivity contribution >= 4 is 11.4 Å². The Labute approximate surface area is 93.8 Å². The Bertz CT molecular complexity index is 358. The number of likely N-dealkylation sites (N-methyl/N-ethyl adjacent to an activating group) is 1. The van der Waals surface area contributed by atoms with Crippen molar-refractivity contribution in [2.75, 3.05) is 37.4 Å². The molecule has 0 aliphatic rings. The van der Waals surface area contributed by atoms with Gasteiger partial charge in [-0.3, -0.25) is 0 Å². The molecule has 0 aromatic heterocycles. The van der Waals surface area contributed by atoms with Gasteiger partial charge in [0.15, 0.2) is 11.6 Å². The molecule has 16 heavy (non-hydrogen) atoms. The van der Waals surface area contributed by atoms with Crippen LogP contribution < -0.4 is 10.6 Å². The van der Waals surface area contributed by atoms with E-state index in [4.69, 9.17) is 10.5 Å². The van der Waals surface area contributed by atoms with Crippen LogP contribution in [0, 0.1) is 11.6 Å². The molecule has 0 amide bonds. The van der Waals surface area contributed by atoms with Crippen LogP contribution in [0.15, 0.2) is 12.1 Å². The Morgan fingerprint density at radius 2 is 2.06 bits per heavy atom. The summed E-state index contributed by atoms with van der Waals surface area (Å²) in [5, 5.41) is 0. The first kappa shape index (κ1) is 12.7. The van der Waals surface area contributed by atoms with Crippen LogP contribution in [0.1, 0.15) is 6.92 Å². The predicted molar refractivity (Wildman–Crippen MR) is 60.5 cm³/mol. The van der Waals surface area contributed by atoms with Crippen molar-refractivity contribution in [3.63, 3.8) is 0 Å². The number of nitrogen functional groups attached to an aromatic ring is 1. The molecule has 0 aliphatic carbocycles. The number of ether oxygens (including phenoxy) is 1. The summed E-state index contributed by atoms with van der Waals surface area (Å²) in [7, 11) is 1.65. The van der Waals surface area contributed by atoms with Crippen molar-refractivity contribution < 1.29 is 13.5 Å². The van der Waals surface area contributed by atoms with Crippen LogP contribution in [0.2, 0.25) is 0 Å². The Kier molecular flexibility index (Phi) is 4.49. The molecule has 0 heterocycles. The van der Waals surface area contributed by atoms with Crippen LogP contribution in [0.25, 0.3) is 0 Å². The largest absolute Gasteiger partial charge is 0.397 e. The summed E-state index contributed by atoms with van der Waals surface area (Å²) < 4.78 is 31.6. The van der Waals surface area contributed by atoms with Gasteiger partial charge in [0.05, 0.1) is 18.0 Å². The second-order valence-corrected chi connectivity index (χ2v) is 3.42. The van der Waals surface area contributed by atoms with E-state index in [0.717, 1.165) is 6.07 Å². The highest BCUT2D eigenvalue weighted by Gasteiger charge is 2.15. The third-order valence-corrected chi connectivity index (χ3v) is 2.26. The Hall–Kier alpha value is -1.36. The summed E-state index contributed by atoms with van der Waals surface area (Å²) in [5.41, 5.74) is 5.91. The van der Waals surface area contributed by atoms with Gasteiger partial charge in [0.25, 0.3) is 0 Å². The fraction of sp³-hybridized carbons (Fsp3) is 0.455. The lowest BCUT2D eigenvalue weighted by Crippen LogP contribution is -2.25. The lowest BCUT2D eigenvalue weighted by molar-refractivity contribution is 0.154. The molecule has 0 saturated carbocycles. The van der Waals surface area contributed by atoms with E-state index in [1.54, 1.807) is 11.9 Å². The lowest BCUT2D eigenvalue weighted by atomic mass is 10.2. The zero-order valence-electron chi connectivity index (χ0n) is 9.46. The van der Waals surface area contributed by atoms with Gasteiger partial charge in [0.2, 0.25) is 0 Å². The minimum atomic E-state index is -0.918. The highest BCUT2D eigenvalue weighted by atomic mass is 19.2. The van der Waals surface area contributed by atoms with Crippen LogP contribution in [0.5, 0.6) is 0 Å². The molecule has 0 radical (unpaired) electrons. The quantitative estimate of drug-likeness (QED) is 0.621. The highest BCUT2D eigenvalue weighted by Crippen LogP contribution is 2.27. The second kappa shape index (κ2) is 5.65. The molecule has 90 valence electrons. The van der Waals surface area contributed by atoms with Gasteiger partial charge in [-0.2, -0.15) is 0 Å². The monoisotopic (exact) mass is 230 g/mol. The fourth-order valence-corrected chi connectivity index (χ4v) is 1.40. The van der Waals surface area contributed by atoms with E-state index in [9.17, 15) is 8.78 Å². The topological polar surface area (TPSA) is 38.5 Å². The molecule has 0 fully saturated rings. The predicted octanol–water partition coefficient (Wildman–Crippen LogP) is 2.02. The number of benzene rings is 1. The molecule has 1 aromatic rings. The average Bonchev–Trinajstić information content (AvgIpc) is 2.24. The number of anilines is 2. The summed E-state index contributed by atoms with van der Waals surface area (Å²) in [5.74, 6) is -1.81. The first-order valence-electron chi connectivity index (χ1n) is 5.10. The zero-order chi connectivity index (χ0) is 12.1. The third kappa shape index (κ3) is 2.82. The average molecular weight is 230 g/mol. The summed E-state index contributed by atoms with van der Waals surface area (Å²) >= 11 is 0. The van der Waals surface area contributed by atoms with Crippen LogP contribution in [0.4, 0.5) is 20.2 Å². The molecule has 1 aromatic carbocycles. The van der Waals surface area contributed by atoms with Crippen LogP contribution in [0.3, 0.4) is 0 Å². The molecule has 0 saturated heterocycles. The summed E-state index contributed by atoms with van der Waals surface area (Å²) in [6.07, 6.45) is 0. The maximum atomic E-state index is 13.5. The summed E-state index contributed by atoms with van der Waals surface area (Å²) in [6, 6.07) is 2.37. The molecule has 0 aliphatic heterocycles. The van der Waals surface area contributed by atoms with E-state index in [-0.39, 0.29) is 11.4 Å². The Morgan fingerprint density at radius 1 is 1.38 bits per heavy atom. The van der Waals surface area contributed by atoms with Crippen LogP contribution >= 0.6 is 0 Å². The minimum Gasteiger partial charge on any atom is -0.397 e. The number of nitrogens with zero attached hydrogens (tertiary/aromatic N) is 1. The number of nitrogens with two attached hydrogens (primary N) is 1. The van der Waals surface area contributed by atoms with Gasteiger partial charge in [-0.25, -0.2) is 8.78 Å². The Balaban J connectivity index is 2.81. The van der Waals surface area contributed by atoms with Gasteiger partial charge in [0.1, 0.15) is 0 Å². The van der Waals surface area contributed by atoms with Gasteiger partial charge >= 0.3 is 0 Å². The van der Waals surface area contributed by atoms with Gasteiger partial charge in [-0.05, 0) is 19.1 Å². The van der Waals surface area contributed by atoms with E-state index in [0.29, 0.717) is 19.8 Å². The van der Waals surface area contributed by atoms with Crippen molar-refractivity contribution in [2.24, 2.45) is 0 Å². The maximum absolute atomic E-state index is 13.5. The smallest absolute Gasteiger partial charge is 0.184 e. The minimum absolute atomic E-state index is 0.0831. The first-order valence-corrected chi connectivity index (χ1v) is 5.10. The molecule has 2 N–H and O–H groups in total. The van der Waals surface area contributed by atoms with E-state index in [1.165, 1.54) is 6.07 Å². The zero-order valence-corrected chi connectivity index (χ0v) is 9.46. The molecule has 0 spiro atoms. The van der Waals surface area contributed by atoms with Crippen molar-refractivity contribution in [2.45, 2.75) is 6.92 Å². The van der Waals surface area contributed by atoms with Crippen molar-refractivity contribution in [1.82, 2.24) is 0 Å². The fourth-order valence-electron chi connectivity index (χ4n) is 1.40. The normalized spacial score (nSPS) is 10.5. The van der Waals surface area contributed by atoms with Gasteiger partial charge in [0, 0.05) is 20.2 Å². The molecule has 0 atom stereocenters. The van der Waals surface area contributed by atoms with Gasteiger partial charge in [-0.1, -0.05) is 0 Å². The standard InChI is InChI=1S/C11H16F2N2O/c1-3-16-7-6-15(2)11-9(14)5-4-8(12)10(11)13/h4-5H,3,6-7,14H2,1-2H3. The first-order chi connectivity index (χ1) is 7.57. The van der Waals surface area contributed by atoms with E-state index in [1.807, 2.05) is 6.92 Å². The van der Waals surface area contributed by atoms with Crippen molar-refractivity contribution in [3.05, 3.63) is 23.8 Å². The van der Waals surface area contributed by atoms with Crippen molar-refractivity contribution in [3.8, 4) is 0 Å². The second-order valence-electron chi connectivity index (χ2n) is 3.42. The summed E-state index contributed by atoms with van der Waals surface area (Å²) in [6.45, 7) is 3.37. The Morgan fingerprint density at radius 3 is 2.69 bits per heavy atom. The molecule has 0 bridgehead atoms. The van der Waals surface area contributed by atoms with Crippen LogP contribution in [-0.2, 0) is 4.74 Å². The molecular weight excluding hydrogens is 214 g/mol. The summed E-state index contributed by atoms with van der Waals surface area (Å²) in [4.78, 5) is 1.55. The SMILES string of the molecule is CCOCCN(C)c1c(N)ccc(F)c1F. The number of rotatable bonds is 5. The molecule has 3 nitrogen and oxygen atoms in total. The van der Waals surface area contributed by atoms with E-state index < -0.39 is 11.6 Å². The maximum Gasteiger partial charge on any atom is 0.184 e. The lowest BCUT2D eigenvalue weighted by Gasteiger charge is -2.21. The van der Waals surface area contributed by atoms with Crippen molar-refractivity contribution in [1.29, 1.82) is 0 Å². The number of halogens is 2.